The maximum Gasteiger partial charge on any atom is 0.363 e. The van der Waals surface area contributed by atoms with Crippen LogP contribution >= 0.6 is 0 Å². The van der Waals surface area contributed by atoms with Crippen molar-refractivity contribution in [2.75, 3.05) is 21.3 Å². The van der Waals surface area contributed by atoms with Crippen molar-refractivity contribution in [3.8, 4) is 17.2 Å². The van der Waals surface area contributed by atoms with E-state index in [0.29, 0.717) is 22.8 Å². The average molecular weight is 339 g/mol. The SMILES string of the molecule is COc1cc(OC)cc(C2=NC(=Cc3ccccc3OC)C(=O)O2)c1. The summed E-state index contributed by atoms with van der Waals surface area (Å²) in [7, 11) is 4.67. The third-order valence-corrected chi connectivity index (χ3v) is 3.65. The average Bonchev–Trinajstić information content (AvgIpc) is 3.02. The molecular weight excluding hydrogens is 322 g/mol. The molecule has 0 amide bonds. The molecule has 0 radical (unpaired) electrons. The number of hydrogen-bond donors (Lipinski definition) is 0. The zero-order chi connectivity index (χ0) is 17.8. The molecule has 6 heteroatoms. The van der Waals surface area contributed by atoms with Crippen molar-refractivity contribution in [2.45, 2.75) is 0 Å². The lowest BCUT2D eigenvalue weighted by molar-refractivity contribution is -0.129. The number of carbonyl (C=O) groups is 1. The van der Waals surface area contributed by atoms with Gasteiger partial charge in [-0.2, -0.15) is 0 Å². The van der Waals surface area contributed by atoms with E-state index in [1.54, 1.807) is 45.6 Å². The van der Waals surface area contributed by atoms with E-state index in [4.69, 9.17) is 18.9 Å². The molecule has 2 aromatic rings. The monoisotopic (exact) mass is 339 g/mol. The fourth-order valence-corrected chi connectivity index (χ4v) is 2.40. The lowest BCUT2D eigenvalue weighted by Crippen LogP contribution is -2.06. The quantitative estimate of drug-likeness (QED) is 0.619. The van der Waals surface area contributed by atoms with Crippen molar-refractivity contribution >= 4 is 17.9 Å². The van der Waals surface area contributed by atoms with Crippen LogP contribution in [0.1, 0.15) is 11.1 Å². The number of aliphatic imine (C=N–C) groups is 1. The van der Waals surface area contributed by atoms with Crippen molar-refractivity contribution in [1.29, 1.82) is 0 Å². The van der Waals surface area contributed by atoms with Gasteiger partial charge >= 0.3 is 5.97 Å². The Hall–Kier alpha value is -3.28. The Morgan fingerprint density at radius 3 is 2.28 bits per heavy atom. The van der Waals surface area contributed by atoms with E-state index in [1.807, 2.05) is 24.3 Å². The summed E-state index contributed by atoms with van der Waals surface area (Å²) in [6.45, 7) is 0. The summed E-state index contributed by atoms with van der Waals surface area (Å²) in [6.07, 6.45) is 1.63. The van der Waals surface area contributed by atoms with E-state index in [9.17, 15) is 4.79 Å². The molecule has 0 saturated heterocycles. The number of esters is 1. The number of ether oxygens (including phenoxy) is 4. The van der Waals surface area contributed by atoms with Crippen LogP contribution in [-0.2, 0) is 9.53 Å². The maximum atomic E-state index is 12.2. The molecule has 128 valence electrons. The van der Waals surface area contributed by atoms with E-state index >= 15 is 0 Å². The zero-order valence-electron chi connectivity index (χ0n) is 14.1. The minimum atomic E-state index is -0.525. The van der Waals surface area contributed by atoms with Gasteiger partial charge in [0.25, 0.3) is 0 Å². The number of hydrogen-bond acceptors (Lipinski definition) is 6. The molecule has 0 fully saturated rings. The van der Waals surface area contributed by atoms with Crippen LogP contribution in [0, 0.1) is 0 Å². The highest BCUT2D eigenvalue weighted by Crippen LogP contribution is 2.27. The molecular formula is C19H17NO5. The molecule has 3 rings (SSSR count). The van der Waals surface area contributed by atoms with Gasteiger partial charge in [0.2, 0.25) is 5.90 Å². The van der Waals surface area contributed by atoms with E-state index in [2.05, 4.69) is 4.99 Å². The van der Waals surface area contributed by atoms with Crippen molar-refractivity contribution in [3.05, 3.63) is 59.3 Å². The van der Waals surface area contributed by atoms with Gasteiger partial charge in [0.05, 0.1) is 21.3 Å². The van der Waals surface area contributed by atoms with Crippen LogP contribution in [-0.4, -0.2) is 33.2 Å². The summed E-state index contributed by atoms with van der Waals surface area (Å²) in [6, 6.07) is 12.5. The number of nitrogens with zero attached hydrogens (tertiary/aromatic N) is 1. The molecule has 0 aromatic heterocycles. The zero-order valence-corrected chi connectivity index (χ0v) is 14.1. The van der Waals surface area contributed by atoms with Gasteiger partial charge in [-0.15, -0.1) is 0 Å². The molecule has 25 heavy (non-hydrogen) atoms. The smallest absolute Gasteiger partial charge is 0.363 e. The Labute approximate surface area is 145 Å². The molecule has 0 atom stereocenters. The molecule has 0 N–H and O–H groups in total. The van der Waals surface area contributed by atoms with Crippen LogP contribution < -0.4 is 14.2 Å². The number of methoxy groups -OCH3 is 3. The molecule has 0 spiro atoms. The third kappa shape index (κ3) is 3.47. The number of benzene rings is 2. The first-order valence-corrected chi connectivity index (χ1v) is 7.53. The molecule has 0 saturated carbocycles. The second-order valence-corrected chi connectivity index (χ2v) is 5.18. The lowest BCUT2D eigenvalue weighted by Gasteiger charge is -2.07. The number of carbonyl (C=O) groups excluding carboxylic acids is 1. The summed E-state index contributed by atoms with van der Waals surface area (Å²) >= 11 is 0. The maximum absolute atomic E-state index is 12.2. The van der Waals surface area contributed by atoms with Crippen molar-refractivity contribution in [1.82, 2.24) is 0 Å². The lowest BCUT2D eigenvalue weighted by atomic mass is 10.1. The highest BCUT2D eigenvalue weighted by molar-refractivity contribution is 6.13. The fraction of sp³-hybridized carbons (Fsp3) is 0.158. The second-order valence-electron chi connectivity index (χ2n) is 5.18. The van der Waals surface area contributed by atoms with E-state index in [-0.39, 0.29) is 11.6 Å². The molecule has 6 nitrogen and oxygen atoms in total. The highest BCUT2D eigenvalue weighted by atomic mass is 16.6. The summed E-state index contributed by atoms with van der Waals surface area (Å²) in [5.41, 5.74) is 1.53. The standard InChI is InChI=1S/C19H17NO5/c1-22-14-8-13(9-15(11-14)23-2)18-20-16(19(21)25-18)10-12-6-4-5-7-17(12)24-3/h4-11H,1-3H3. The molecule has 2 aromatic carbocycles. The van der Waals surface area contributed by atoms with E-state index < -0.39 is 5.97 Å². The molecule has 0 aliphatic carbocycles. The molecule has 1 aliphatic heterocycles. The number of rotatable bonds is 5. The van der Waals surface area contributed by atoms with Gasteiger partial charge in [0.15, 0.2) is 5.70 Å². The van der Waals surface area contributed by atoms with Gasteiger partial charge in [-0.25, -0.2) is 9.79 Å². The third-order valence-electron chi connectivity index (χ3n) is 3.65. The van der Waals surface area contributed by atoms with Crippen LogP contribution in [0.5, 0.6) is 17.2 Å². The predicted molar refractivity (Wildman–Crippen MR) is 93.1 cm³/mol. The van der Waals surface area contributed by atoms with Crippen molar-refractivity contribution < 1.29 is 23.7 Å². The first-order valence-electron chi connectivity index (χ1n) is 7.53. The van der Waals surface area contributed by atoms with Gasteiger partial charge in [-0.3, -0.25) is 0 Å². The van der Waals surface area contributed by atoms with E-state index in [1.165, 1.54) is 0 Å². The first kappa shape index (κ1) is 16.6. The highest BCUT2D eigenvalue weighted by Gasteiger charge is 2.25. The van der Waals surface area contributed by atoms with Crippen LogP contribution in [0.4, 0.5) is 0 Å². The summed E-state index contributed by atoms with van der Waals surface area (Å²) in [4.78, 5) is 16.5. The Bertz CT molecular complexity index is 848. The molecule has 0 unspecified atom stereocenters. The first-order chi connectivity index (χ1) is 12.1. The van der Waals surface area contributed by atoms with Gasteiger partial charge in [0, 0.05) is 17.2 Å². The van der Waals surface area contributed by atoms with Crippen LogP contribution in [0.2, 0.25) is 0 Å². The molecule has 1 aliphatic rings. The minimum absolute atomic E-state index is 0.196. The van der Waals surface area contributed by atoms with Crippen LogP contribution in [0.15, 0.2) is 53.2 Å². The Kier molecular flexibility index (Phi) is 4.70. The number of para-hydroxylation sites is 1. The minimum Gasteiger partial charge on any atom is -0.497 e. The molecule has 1 heterocycles. The van der Waals surface area contributed by atoms with Crippen LogP contribution in [0.25, 0.3) is 6.08 Å². The Morgan fingerprint density at radius 1 is 0.960 bits per heavy atom. The normalized spacial score (nSPS) is 14.9. The summed E-state index contributed by atoms with van der Waals surface area (Å²) < 4.78 is 21.0. The van der Waals surface area contributed by atoms with Gasteiger partial charge in [-0.05, 0) is 24.3 Å². The summed E-state index contributed by atoms with van der Waals surface area (Å²) in [5, 5.41) is 0. The van der Waals surface area contributed by atoms with Crippen LogP contribution in [0.3, 0.4) is 0 Å². The largest absolute Gasteiger partial charge is 0.497 e. The van der Waals surface area contributed by atoms with E-state index in [0.717, 1.165) is 5.56 Å². The van der Waals surface area contributed by atoms with Crippen molar-refractivity contribution in [3.63, 3.8) is 0 Å². The van der Waals surface area contributed by atoms with Gasteiger partial charge in [0.1, 0.15) is 17.2 Å². The fourth-order valence-electron chi connectivity index (χ4n) is 2.40. The second kappa shape index (κ2) is 7.09. The van der Waals surface area contributed by atoms with Gasteiger partial charge in [-0.1, -0.05) is 18.2 Å². The molecule has 0 bridgehead atoms. The van der Waals surface area contributed by atoms with Gasteiger partial charge < -0.3 is 18.9 Å². The predicted octanol–water partition coefficient (Wildman–Crippen LogP) is 3.06. The van der Waals surface area contributed by atoms with Crippen molar-refractivity contribution in [2.24, 2.45) is 4.99 Å². The summed E-state index contributed by atoms with van der Waals surface area (Å²) in [5.74, 6) is 1.48. The Balaban J connectivity index is 1.99. The Morgan fingerprint density at radius 2 is 1.64 bits per heavy atom. The topological polar surface area (TPSA) is 66.3 Å². The number of cyclic esters (lactones) is 1.